The first-order valence-corrected chi connectivity index (χ1v) is 9.26. The van der Waals surface area contributed by atoms with Gasteiger partial charge in [0.25, 0.3) is 0 Å². The lowest BCUT2D eigenvalue weighted by Gasteiger charge is -2.23. The maximum Gasteiger partial charge on any atom is 0.412 e. The summed E-state index contributed by atoms with van der Waals surface area (Å²) in [5, 5.41) is 11.9. The van der Waals surface area contributed by atoms with Gasteiger partial charge in [0.05, 0.1) is 12.2 Å². The van der Waals surface area contributed by atoms with E-state index < -0.39 is 6.09 Å². The van der Waals surface area contributed by atoms with Gasteiger partial charge in [-0.05, 0) is 34.6 Å². The van der Waals surface area contributed by atoms with E-state index in [1.54, 1.807) is 0 Å². The molecule has 0 unspecified atom stereocenters. The van der Waals surface area contributed by atoms with Gasteiger partial charge in [-0.2, -0.15) is 0 Å². The van der Waals surface area contributed by atoms with Crippen LogP contribution in [-0.4, -0.2) is 11.2 Å². The molecule has 1 amide bonds. The molecule has 4 aromatic rings. The van der Waals surface area contributed by atoms with Crippen molar-refractivity contribution < 1.29 is 9.90 Å². The van der Waals surface area contributed by atoms with Crippen molar-refractivity contribution in [1.82, 2.24) is 0 Å². The van der Waals surface area contributed by atoms with Crippen molar-refractivity contribution >= 4 is 22.6 Å². The zero-order valence-corrected chi connectivity index (χ0v) is 15.7. The van der Waals surface area contributed by atoms with Crippen LogP contribution < -0.4 is 4.90 Å². The Balaban J connectivity index is 1.69. The minimum atomic E-state index is -0.952. The van der Waals surface area contributed by atoms with Crippen molar-refractivity contribution in [2.75, 3.05) is 4.90 Å². The summed E-state index contributed by atoms with van der Waals surface area (Å²) in [6.45, 7) is 2.26. The van der Waals surface area contributed by atoms with Gasteiger partial charge in [0.1, 0.15) is 0 Å². The second kappa shape index (κ2) is 7.57. The largest absolute Gasteiger partial charge is 0.465 e. The smallest absolute Gasteiger partial charge is 0.412 e. The number of anilines is 1. The van der Waals surface area contributed by atoms with Gasteiger partial charge in [0.15, 0.2) is 0 Å². The lowest BCUT2D eigenvalue weighted by atomic mass is 10.0. The number of carboxylic acid groups (broad SMARTS) is 1. The average molecular weight is 367 g/mol. The van der Waals surface area contributed by atoms with E-state index in [4.69, 9.17) is 0 Å². The number of benzene rings is 4. The number of nitrogens with zero attached hydrogens (tertiary/aromatic N) is 1. The van der Waals surface area contributed by atoms with E-state index in [0.717, 1.165) is 38.7 Å². The van der Waals surface area contributed by atoms with Gasteiger partial charge < -0.3 is 5.11 Å². The first-order valence-electron chi connectivity index (χ1n) is 9.26. The molecule has 0 saturated heterocycles. The van der Waals surface area contributed by atoms with Crippen molar-refractivity contribution in [2.24, 2.45) is 0 Å². The van der Waals surface area contributed by atoms with Crippen LogP contribution in [0.3, 0.4) is 0 Å². The SMILES string of the molecule is Cc1ccc2ccccc2c1N(Cc1ccc(-c2ccccc2)cc1)C(=O)O. The van der Waals surface area contributed by atoms with Crippen LogP contribution in [0.15, 0.2) is 91.0 Å². The number of rotatable bonds is 4. The highest BCUT2D eigenvalue weighted by Gasteiger charge is 2.19. The van der Waals surface area contributed by atoms with Crippen LogP contribution in [0.25, 0.3) is 21.9 Å². The van der Waals surface area contributed by atoms with Crippen molar-refractivity contribution in [3.05, 3.63) is 102 Å². The molecule has 0 radical (unpaired) electrons. The quantitative estimate of drug-likeness (QED) is 0.447. The van der Waals surface area contributed by atoms with E-state index in [9.17, 15) is 9.90 Å². The highest BCUT2D eigenvalue weighted by atomic mass is 16.4. The third-order valence-electron chi connectivity index (χ3n) is 5.00. The molecule has 0 spiro atoms. The van der Waals surface area contributed by atoms with Gasteiger partial charge in [-0.1, -0.05) is 91.0 Å². The van der Waals surface area contributed by atoms with Gasteiger partial charge in [0.2, 0.25) is 0 Å². The molecule has 138 valence electrons. The van der Waals surface area contributed by atoms with E-state index in [1.165, 1.54) is 4.90 Å². The number of hydrogen-bond acceptors (Lipinski definition) is 1. The lowest BCUT2D eigenvalue weighted by molar-refractivity contribution is 0.201. The van der Waals surface area contributed by atoms with Crippen LogP contribution in [0.5, 0.6) is 0 Å². The van der Waals surface area contributed by atoms with Crippen LogP contribution in [0.2, 0.25) is 0 Å². The van der Waals surface area contributed by atoms with Gasteiger partial charge in [-0.25, -0.2) is 4.79 Å². The second-order valence-electron chi connectivity index (χ2n) is 6.88. The lowest BCUT2D eigenvalue weighted by Crippen LogP contribution is -2.29. The third kappa shape index (κ3) is 3.47. The number of amides is 1. The summed E-state index contributed by atoms with van der Waals surface area (Å²) in [5.74, 6) is 0. The zero-order chi connectivity index (χ0) is 19.5. The fraction of sp³-hybridized carbons (Fsp3) is 0.0800. The van der Waals surface area contributed by atoms with Gasteiger partial charge in [-0.15, -0.1) is 0 Å². The molecule has 4 rings (SSSR count). The van der Waals surface area contributed by atoms with Crippen molar-refractivity contribution in [2.45, 2.75) is 13.5 Å². The predicted molar refractivity (Wildman–Crippen MR) is 115 cm³/mol. The first kappa shape index (κ1) is 17.8. The topological polar surface area (TPSA) is 40.5 Å². The highest BCUT2D eigenvalue weighted by Crippen LogP contribution is 2.32. The van der Waals surface area contributed by atoms with Gasteiger partial charge >= 0.3 is 6.09 Å². The Morgan fingerprint density at radius 1 is 0.786 bits per heavy atom. The van der Waals surface area contributed by atoms with Crippen molar-refractivity contribution in [3.8, 4) is 11.1 Å². The summed E-state index contributed by atoms with van der Waals surface area (Å²) >= 11 is 0. The van der Waals surface area contributed by atoms with Crippen LogP contribution in [-0.2, 0) is 6.54 Å². The minimum absolute atomic E-state index is 0.305. The molecule has 0 fully saturated rings. The molecule has 0 bridgehead atoms. The fourth-order valence-corrected chi connectivity index (χ4v) is 3.58. The van der Waals surface area contributed by atoms with Crippen LogP contribution in [0.1, 0.15) is 11.1 Å². The first-order chi connectivity index (χ1) is 13.6. The van der Waals surface area contributed by atoms with E-state index in [0.29, 0.717) is 6.54 Å². The number of aryl methyl sites for hydroxylation is 1. The standard InChI is InChI=1S/C25H21NO2/c1-18-11-14-22-9-5-6-10-23(22)24(18)26(25(27)28)17-19-12-15-21(16-13-19)20-7-3-2-4-8-20/h2-16H,17H2,1H3,(H,27,28). The summed E-state index contributed by atoms with van der Waals surface area (Å²) < 4.78 is 0. The Morgan fingerprint density at radius 2 is 1.43 bits per heavy atom. The highest BCUT2D eigenvalue weighted by molar-refractivity contribution is 6.02. The summed E-state index contributed by atoms with van der Waals surface area (Å²) in [6.07, 6.45) is -0.952. The van der Waals surface area contributed by atoms with E-state index in [1.807, 2.05) is 85.8 Å². The van der Waals surface area contributed by atoms with E-state index in [-0.39, 0.29) is 0 Å². The van der Waals surface area contributed by atoms with E-state index in [2.05, 4.69) is 12.1 Å². The molecule has 1 N–H and O–H groups in total. The Bertz CT molecular complexity index is 1120. The molecule has 0 aliphatic rings. The second-order valence-corrected chi connectivity index (χ2v) is 6.88. The summed E-state index contributed by atoms with van der Waals surface area (Å²) in [6, 6.07) is 30.1. The fourth-order valence-electron chi connectivity index (χ4n) is 3.58. The van der Waals surface area contributed by atoms with Gasteiger partial charge in [-0.3, -0.25) is 4.90 Å². The van der Waals surface area contributed by atoms with Crippen molar-refractivity contribution in [3.63, 3.8) is 0 Å². The Labute approximate surface area is 164 Å². The van der Waals surface area contributed by atoms with Crippen molar-refractivity contribution in [1.29, 1.82) is 0 Å². The number of fused-ring (bicyclic) bond motifs is 1. The summed E-state index contributed by atoms with van der Waals surface area (Å²) in [4.78, 5) is 13.6. The normalized spacial score (nSPS) is 10.8. The molecule has 0 saturated carbocycles. The molecule has 3 nitrogen and oxygen atoms in total. The molecular formula is C25H21NO2. The van der Waals surface area contributed by atoms with E-state index >= 15 is 0 Å². The average Bonchev–Trinajstić information content (AvgIpc) is 2.73. The molecule has 0 atom stereocenters. The van der Waals surface area contributed by atoms with Crippen LogP contribution in [0.4, 0.5) is 10.5 Å². The molecule has 28 heavy (non-hydrogen) atoms. The predicted octanol–water partition coefficient (Wildman–Crippen LogP) is 6.50. The maximum absolute atomic E-state index is 12.1. The van der Waals surface area contributed by atoms with Gasteiger partial charge in [0, 0.05) is 5.39 Å². The Morgan fingerprint density at radius 3 is 2.14 bits per heavy atom. The molecule has 0 aliphatic carbocycles. The zero-order valence-electron chi connectivity index (χ0n) is 15.7. The Hall–Kier alpha value is -3.59. The molecule has 0 aliphatic heterocycles. The number of hydrogen-bond donors (Lipinski definition) is 1. The molecule has 0 heterocycles. The Kier molecular flexibility index (Phi) is 4.81. The number of carbonyl (C=O) groups is 1. The maximum atomic E-state index is 12.1. The molecular weight excluding hydrogens is 346 g/mol. The minimum Gasteiger partial charge on any atom is -0.465 e. The molecule has 4 aromatic carbocycles. The molecule has 0 aromatic heterocycles. The summed E-state index contributed by atoms with van der Waals surface area (Å²) in [5.41, 5.74) is 4.91. The molecule has 3 heteroatoms. The van der Waals surface area contributed by atoms with Crippen LogP contribution >= 0.6 is 0 Å². The van der Waals surface area contributed by atoms with Crippen LogP contribution in [0, 0.1) is 6.92 Å². The third-order valence-corrected chi connectivity index (χ3v) is 5.00. The monoisotopic (exact) mass is 367 g/mol. The summed E-state index contributed by atoms with van der Waals surface area (Å²) in [7, 11) is 0.